The van der Waals surface area contributed by atoms with Crippen molar-refractivity contribution in [3.8, 4) is 0 Å². The first kappa shape index (κ1) is 17.0. The Kier molecular flexibility index (Phi) is 5.61. The number of nitrogens with zero attached hydrogens (tertiary/aromatic N) is 2. The Hall–Kier alpha value is -1.37. The Morgan fingerprint density at radius 2 is 2.14 bits per heavy atom. The Morgan fingerprint density at radius 1 is 1.41 bits per heavy atom. The van der Waals surface area contributed by atoms with E-state index in [2.05, 4.69) is 4.98 Å². The average molecular weight is 336 g/mol. The minimum atomic E-state index is -0.910. The first-order chi connectivity index (χ1) is 10.4. The molecule has 2 rings (SSSR count). The van der Waals surface area contributed by atoms with Crippen LogP contribution >= 0.6 is 23.1 Å². The molecule has 2 aromatic rings. The number of carbonyl (C=O) groups is 1. The molecule has 0 spiro atoms. The largest absolute Gasteiger partial charge is 0.389 e. The van der Waals surface area contributed by atoms with E-state index < -0.39 is 5.60 Å². The molecular weight excluding hydrogens is 316 g/mol. The van der Waals surface area contributed by atoms with Crippen molar-refractivity contribution in [2.24, 2.45) is 0 Å². The number of hydrogen-bond acceptors (Lipinski definition) is 5. The van der Waals surface area contributed by atoms with Gasteiger partial charge in [-0.15, -0.1) is 23.1 Å². The van der Waals surface area contributed by atoms with Crippen LogP contribution in [-0.4, -0.2) is 40.1 Å². The lowest BCUT2D eigenvalue weighted by molar-refractivity contribution is 0.0366. The summed E-state index contributed by atoms with van der Waals surface area (Å²) in [5.74, 6) is 0.659. The van der Waals surface area contributed by atoms with Gasteiger partial charge in [0.05, 0.1) is 22.4 Å². The number of aliphatic hydroxyl groups is 1. The number of benzene rings is 1. The molecule has 0 aliphatic rings. The zero-order valence-electron chi connectivity index (χ0n) is 12.9. The highest BCUT2D eigenvalue weighted by Crippen LogP contribution is 2.27. The van der Waals surface area contributed by atoms with Crippen LogP contribution in [0.15, 0.2) is 40.1 Å². The van der Waals surface area contributed by atoms with Gasteiger partial charge < -0.3 is 10.0 Å². The van der Waals surface area contributed by atoms with Gasteiger partial charge in [-0.1, -0.05) is 12.1 Å². The fourth-order valence-electron chi connectivity index (χ4n) is 2.09. The molecule has 1 aromatic heterocycles. The zero-order chi connectivity index (χ0) is 16.2. The summed E-state index contributed by atoms with van der Waals surface area (Å²) in [6, 6.07) is 7.56. The molecule has 4 nitrogen and oxygen atoms in total. The molecule has 0 fully saturated rings. The summed E-state index contributed by atoms with van der Waals surface area (Å²) in [6.45, 7) is 3.68. The van der Waals surface area contributed by atoms with E-state index in [1.165, 1.54) is 0 Å². The Morgan fingerprint density at radius 3 is 2.77 bits per heavy atom. The second kappa shape index (κ2) is 7.26. The lowest BCUT2D eigenvalue weighted by Gasteiger charge is -2.26. The second-order valence-electron chi connectivity index (χ2n) is 5.74. The van der Waals surface area contributed by atoms with Crippen LogP contribution in [0.25, 0.3) is 0 Å². The highest BCUT2D eigenvalue weighted by Gasteiger charge is 2.22. The normalized spacial score (nSPS) is 11.5. The van der Waals surface area contributed by atoms with Crippen molar-refractivity contribution in [2.75, 3.05) is 13.6 Å². The highest BCUT2D eigenvalue weighted by atomic mass is 32.2. The molecule has 0 saturated heterocycles. The molecule has 118 valence electrons. The predicted octanol–water partition coefficient (Wildman–Crippen LogP) is 3.28. The van der Waals surface area contributed by atoms with E-state index >= 15 is 0 Å². The predicted molar refractivity (Wildman–Crippen MR) is 91.4 cm³/mol. The van der Waals surface area contributed by atoms with Gasteiger partial charge in [-0.2, -0.15) is 0 Å². The molecular formula is C16H20N2O2S2. The maximum Gasteiger partial charge on any atom is 0.254 e. The van der Waals surface area contributed by atoms with Gasteiger partial charge in [0.1, 0.15) is 0 Å². The lowest BCUT2D eigenvalue weighted by atomic mass is 10.1. The third-order valence-corrected chi connectivity index (χ3v) is 4.69. The molecule has 6 heteroatoms. The molecule has 1 N–H and O–H groups in total. The fraction of sp³-hybridized carbons (Fsp3) is 0.375. The molecule has 22 heavy (non-hydrogen) atoms. The standard InChI is InChI=1S/C16H20N2O2S2/c1-16(2,20)10-18(3)15(19)13-6-4-5-7-14(13)22-9-12-8-21-11-17-12/h4-8,11,20H,9-10H2,1-3H3. The molecule has 0 bridgehead atoms. The number of amides is 1. The molecule has 1 amide bonds. The third kappa shape index (κ3) is 4.83. The van der Waals surface area contributed by atoms with E-state index in [-0.39, 0.29) is 12.5 Å². The number of rotatable bonds is 6. The van der Waals surface area contributed by atoms with Crippen molar-refractivity contribution >= 4 is 29.0 Å². The van der Waals surface area contributed by atoms with Crippen molar-refractivity contribution in [1.82, 2.24) is 9.88 Å². The van der Waals surface area contributed by atoms with E-state index in [1.807, 2.05) is 35.2 Å². The van der Waals surface area contributed by atoms with E-state index in [9.17, 15) is 9.90 Å². The van der Waals surface area contributed by atoms with Crippen LogP contribution < -0.4 is 0 Å². The first-order valence-corrected chi connectivity index (χ1v) is 8.86. The number of carbonyl (C=O) groups excluding carboxylic acids is 1. The van der Waals surface area contributed by atoms with Crippen molar-refractivity contribution in [2.45, 2.75) is 30.1 Å². The molecule has 0 aliphatic heterocycles. The van der Waals surface area contributed by atoms with E-state index in [0.717, 1.165) is 16.3 Å². The van der Waals surface area contributed by atoms with E-state index in [4.69, 9.17) is 0 Å². The van der Waals surface area contributed by atoms with Crippen molar-refractivity contribution in [1.29, 1.82) is 0 Å². The lowest BCUT2D eigenvalue weighted by Crippen LogP contribution is -2.39. The van der Waals surface area contributed by atoms with Gasteiger partial charge in [-0.05, 0) is 26.0 Å². The SMILES string of the molecule is CN(CC(C)(C)O)C(=O)c1ccccc1SCc1cscn1. The third-order valence-electron chi connectivity index (χ3n) is 2.95. The summed E-state index contributed by atoms with van der Waals surface area (Å²) < 4.78 is 0. The number of thiazole rings is 1. The average Bonchev–Trinajstić information content (AvgIpc) is 2.96. The summed E-state index contributed by atoms with van der Waals surface area (Å²) in [5, 5.41) is 11.9. The smallest absolute Gasteiger partial charge is 0.254 e. The van der Waals surface area contributed by atoms with E-state index in [1.54, 1.807) is 48.9 Å². The second-order valence-corrected chi connectivity index (χ2v) is 7.47. The minimum absolute atomic E-state index is 0.0801. The van der Waals surface area contributed by atoms with Crippen LogP contribution in [0.3, 0.4) is 0 Å². The van der Waals surface area contributed by atoms with Gasteiger partial charge >= 0.3 is 0 Å². The van der Waals surface area contributed by atoms with Gasteiger partial charge in [-0.25, -0.2) is 4.98 Å². The zero-order valence-corrected chi connectivity index (χ0v) is 14.6. The van der Waals surface area contributed by atoms with Crippen LogP contribution in [0.2, 0.25) is 0 Å². The molecule has 1 aromatic carbocycles. The van der Waals surface area contributed by atoms with Crippen LogP contribution in [0.1, 0.15) is 29.9 Å². The monoisotopic (exact) mass is 336 g/mol. The summed E-state index contributed by atoms with van der Waals surface area (Å²) in [5.41, 5.74) is 2.58. The van der Waals surface area contributed by atoms with Crippen LogP contribution in [0.5, 0.6) is 0 Å². The Bertz CT molecular complexity index is 621. The minimum Gasteiger partial charge on any atom is -0.389 e. The van der Waals surface area contributed by atoms with E-state index in [0.29, 0.717) is 5.56 Å². The molecule has 0 radical (unpaired) electrons. The van der Waals surface area contributed by atoms with Crippen LogP contribution in [0.4, 0.5) is 0 Å². The molecule has 0 aliphatic carbocycles. The Labute approximate surface area is 139 Å². The summed E-state index contributed by atoms with van der Waals surface area (Å²) in [7, 11) is 1.71. The van der Waals surface area contributed by atoms with Crippen LogP contribution in [-0.2, 0) is 5.75 Å². The maximum absolute atomic E-state index is 12.6. The van der Waals surface area contributed by atoms with Gasteiger partial charge in [0, 0.05) is 29.6 Å². The van der Waals surface area contributed by atoms with Gasteiger partial charge in [0.2, 0.25) is 0 Å². The van der Waals surface area contributed by atoms with Gasteiger partial charge in [0.25, 0.3) is 5.91 Å². The van der Waals surface area contributed by atoms with Gasteiger partial charge in [0.15, 0.2) is 0 Å². The number of hydrogen-bond donors (Lipinski definition) is 1. The number of likely N-dealkylation sites (N-methyl/N-ethyl adjacent to an activating group) is 1. The molecule has 0 unspecified atom stereocenters. The van der Waals surface area contributed by atoms with Gasteiger partial charge in [-0.3, -0.25) is 4.79 Å². The van der Waals surface area contributed by atoms with Crippen molar-refractivity contribution in [3.05, 3.63) is 46.4 Å². The molecule has 0 atom stereocenters. The fourth-order valence-corrected chi connectivity index (χ4v) is 3.70. The first-order valence-electron chi connectivity index (χ1n) is 6.93. The number of thioether (sulfide) groups is 1. The topological polar surface area (TPSA) is 53.4 Å². The molecule has 1 heterocycles. The Balaban J connectivity index is 2.11. The summed E-state index contributed by atoms with van der Waals surface area (Å²) >= 11 is 3.17. The highest BCUT2D eigenvalue weighted by molar-refractivity contribution is 7.98. The quantitative estimate of drug-likeness (QED) is 0.823. The maximum atomic E-state index is 12.6. The van der Waals surface area contributed by atoms with Crippen LogP contribution in [0, 0.1) is 0 Å². The number of aromatic nitrogens is 1. The van der Waals surface area contributed by atoms with Crippen molar-refractivity contribution in [3.63, 3.8) is 0 Å². The molecule has 0 saturated carbocycles. The summed E-state index contributed by atoms with van der Waals surface area (Å²) in [6.07, 6.45) is 0. The van der Waals surface area contributed by atoms with Crippen molar-refractivity contribution < 1.29 is 9.90 Å². The summed E-state index contributed by atoms with van der Waals surface area (Å²) in [4.78, 5) is 19.3.